The van der Waals surface area contributed by atoms with Gasteiger partial charge in [0.25, 0.3) is 5.91 Å². The molecular weight excluding hydrogens is 503 g/mol. The van der Waals surface area contributed by atoms with Gasteiger partial charge >= 0.3 is 0 Å². The van der Waals surface area contributed by atoms with Gasteiger partial charge in [-0.15, -0.1) is 0 Å². The van der Waals surface area contributed by atoms with Crippen LogP contribution in [0.15, 0.2) is 31.1 Å². The second kappa shape index (κ2) is 10.5. The van der Waals surface area contributed by atoms with Crippen molar-refractivity contribution in [2.45, 2.75) is 25.3 Å². The van der Waals surface area contributed by atoms with E-state index in [1.807, 2.05) is 0 Å². The van der Waals surface area contributed by atoms with Crippen molar-refractivity contribution in [1.29, 1.82) is 0 Å². The highest BCUT2D eigenvalue weighted by molar-refractivity contribution is 6.34. The Morgan fingerprint density at radius 2 is 2.08 bits per heavy atom. The summed E-state index contributed by atoms with van der Waals surface area (Å²) < 4.78 is 16.3. The van der Waals surface area contributed by atoms with E-state index in [9.17, 15) is 18.8 Å². The summed E-state index contributed by atoms with van der Waals surface area (Å²) in [6.07, 6.45) is 3.78. The molecule has 194 valence electrons. The van der Waals surface area contributed by atoms with Crippen LogP contribution in [0.3, 0.4) is 0 Å². The molecule has 1 atom stereocenters. The van der Waals surface area contributed by atoms with Crippen molar-refractivity contribution >= 4 is 51.9 Å². The Hall–Kier alpha value is -4.06. The Labute approximate surface area is 217 Å². The summed E-state index contributed by atoms with van der Waals surface area (Å²) in [5.41, 5.74) is 6.47. The molecule has 1 fully saturated rings. The molecule has 1 aliphatic heterocycles. The first-order valence-electron chi connectivity index (χ1n) is 11.5. The van der Waals surface area contributed by atoms with E-state index in [0.717, 1.165) is 12.5 Å². The smallest absolute Gasteiger partial charge is 0.277 e. The van der Waals surface area contributed by atoms with E-state index in [4.69, 9.17) is 17.3 Å². The number of hydrogen-bond acceptors (Lipinski definition) is 7. The van der Waals surface area contributed by atoms with Gasteiger partial charge in [-0.3, -0.25) is 14.4 Å². The number of likely N-dealkylation sites (tertiary alicyclic amines) is 1. The van der Waals surface area contributed by atoms with Gasteiger partial charge in [-0.05, 0) is 36.6 Å². The number of amides is 3. The van der Waals surface area contributed by atoms with Crippen molar-refractivity contribution < 1.29 is 18.8 Å². The lowest BCUT2D eigenvalue weighted by atomic mass is 10.1. The number of likely N-dealkylation sites (N-methyl/N-ethyl adjacent to an activating group) is 1. The lowest BCUT2D eigenvalue weighted by Crippen LogP contribution is -2.40. The van der Waals surface area contributed by atoms with Crippen LogP contribution in [-0.2, 0) is 16.0 Å². The average Bonchev–Trinajstić information content (AvgIpc) is 3.27. The highest BCUT2D eigenvalue weighted by Crippen LogP contribution is 2.31. The first kappa shape index (κ1) is 26.0. The second-order valence-electron chi connectivity index (χ2n) is 8.88. The molecule has 1 saturated heterocycles. The zero-order chi connectivity index (χ0) is 26.9. The molecule has 0 bridgehead atoms. The molecule has 0 aliphatic carbocycles. The third-order valence-corrected chi connectivity index (χ3v) is 6.50. The number of nitrogens with two attached hydrogens (primary N) is 1. The molecule has 2 aromatic heterocycles. The van der Waals surface area contributed by atoms with Gasteiger partial charge in [-0.25, -0.2) is 19.0 Å². The van der Waals surface area contributed by atoms with Crippen molar-refractivity contribution in [2.24, 2.45) is 0 Å². The predicted molar refractivity (Wildman–Crippen MR) is 137 cm³/mol. The first-order chi connectivity index (χ1) is 17.6. The number of piperidine rings is 1. The van der Waals surface area contributed by atoms with Crippen LogP contribution in [0.1, 0.15) is 34.9 Å². The molecule has 4 rings (SSSR count). The Morgan fingerprint density at radius 1 is 1.32 bits per heavy atom. The minimum atomic E-state index is -0.696. The molecule has 1 aromatic carbocycles. The molecule has 11 nitrogen and oxygen atoms in total. The average molecular weight is 529 g/mol. The standard InChI is InChI=1S/C24H26ClFN8O3/c1-4-18(35)33-7-5-6-14(11-33)34-23-20(22(27)28-12-29-23)21(31-34)24(37)30-17-10-16(26)13(8-15(17)25)9-19(36)32(2)3/h4,8,10,12,14H,1,5-7,9,11H2,2-3H3,(H,30,37)(H2,27,28,29)/t14-/m1/s1. The van der Waals surface area contributed by atoms with E-state index >= 15 is 0 Å². The molecule has 0 saturated carbocycles. The van der Waals surface area contributed by atoms with Crippen molar-refractivity contribution in [3.8, 4) is 0 Å². The highest BCUT2D eigenvalue weighted by atomic mass is 35.5. The van der Waals surface area contributed by atoms with E-state index in [2.05, 4.69) is 27.0 Å². The first-order valence-corrected chi connectivity index (χ1v) is 11.9. The monoisotopic (exact) mass is 528 g/mol. The number of halogens is 2. The fourth-order valence-electron chi connectivity index (χ4n) is 4.21. The number of nitrogens with one attached hydrogen (secondary N) is 1. The van der Waals surface area contributed by atoms with Crippen LogP contribution in [0.5, 0.6) is 0 Å². The van der Waals surface area contributed by atoms with Crippen LogP contribution in [0.25, 0.3) is 11.0 Å². The van der Waals surface area contributed by atoms with Crippen molar-refractivity contribution in [3.63, 3.8) is 0 Å². The quantitative estimate of drug-likeness (QED) is 0.468. The van der Waals surface area contributed by atoms with Crippen molar-refractivity contribution in [3.05, 3.63) is 53.2 Å². The zero-order valence-electron chi connectivity index (χ0n) is 20.4. The summed E-state index contributed by atoms with van der Waals surface area (Å²) in [6.45, 7) is 4.49. The van der Waals surface area contributed by atoms with Crippen molar-refractivity contribution in [1.82, 2.24) is 29.5 Å². The number of carbonyl (C=O) groups is 3. The topological polar surface area (TPSA) is 139 Å². The molecule has 37 heavy (non-hydrogen) atoms. The number of anilines is 2. The van der Waals surface area contributed by atoms with Gasteiger partial charge in [-0.1, -0.05) is 18.2 Å². The normalized spacial score (nSPS) is 15.5. The Bertz CT molecular complexity index is 1410. The molecule has 3 amide bonds. The fourth-order valence-corrected chi connectivity index (χ4v) is 4.45. The molecule has 0 radical (unpaired) electrons. The van der Waals surface area contributed by atoms with Crippen LogP contribution >= 0.6 is 11.6 Å². The lowest BCUT2D eigenvalue weighted by Gasteiger charge is -2.32. The molecule has 3 aromatic rings. The number of nitrogen functional groups attached to an aromatic ring is 1. The van der Waals surface area contributed by atoms with Crippen LogP contribution < -0.4 is 11.1 Å². The molecule has 0 spiro atoms. The van der Waals surface area contributed by atoms with Gasteiger partial charge < -0.3 is 20.9 Å². The van der Waals surface area contributed by atoms with E-state index < -0.39 is 11.7 Å². The number of fused-ring (bicyclic) bond motifs is 1. The highest BCUT2D eigenvalue weighted by Gasteiger charge is 2.29. The maximum atomic E-state index is 14.7. The maximum Gasteiger partial charge on any atom is 0.277 e. The van der Waals surface area contributed by atoms with Gasteiger partial charge in [0.15, 0.2) is 11.3 Å². The number of aromatic nitrogens is 4. The Balaban J connectivity index is 1.66. The summed E-state index contributed by atoms with van der Waals surface area (Å²) in [5.74, 6) is -1.83. The largest absolute Gasteiger partial charge is 0.383 e. The number of carbonyl (C=O) groups excluding carboxylic acids is 3. The zero-order valence-corrected chi connectivity index (χ0v) is 21.1. The predicted octanol–water partition coefficient (Wildman–Crippen LogP) is 2.43. The minimum absolute atomic E-state index is 0.00348. The van der Waals surface area contributed by atoms with Gasteiger partial charge in [0, 0.05) is 27.2 Å². The van der Waals surface area contributed by atoms with Crippen LogP contribution in [0.4, 0.5) is 15.9 Å². The summed E-state index contributed by atoms with van der Waals surface area (Å²) in [6, 6.07) is 2.10. The summed E-state index contributed by atoms with van der Waals surface area (Å²) in [5, 5.41) is 7.35. The van der Waals surface area contributed by atoms with Gasteiger partial charge in [0.05, 0.1) is 28.6 Å². The molecule has 13 heteroatoms. The second-order valence-corrected chi connectivity index (χ2v) is 9.28. The van der Waals surface area contributed by atoms with Gasteiger partial charge in [0.2, 0.25) is 11.8 Å². The SMILES string of the molecule is C=CC(=O)N1CCC[C@@H](n2nc(C(=O)Nc3cc(F)c(CC(=O)N(C)C)cc3Cl)c3c(N)ncnc32)C1. The number of nitrogens with zero attached hydrogens (tertiary/aromatic N) is 6. The van der Waals surface area contributed by atoms with Gasteiger partial charge in [-0.2, -0.15) is 5.10 Å². The van der Waals surface area contributed by atoms with E-state index in [1.165, 1.54) is 23.4 Å². The molecule has 0 unspecified atom stereocenters. The summed E-state index contributed by atoms with van der Waals surface area (Å²) in [7, 11) is 3.13. The van der Waals surface area contributed by atoms with E-state index in [-0.39, 0.29) is 57.4 Å². The maximum absolute atomic E-state index is 14.7. The summed E-state index contributed by atoms with van der Waals surface area (Å²) in [4.78, 5) is 48.7. The Kier molecular flexibility index (Phi) is 7.39. The minimum Gasteiger partial charge on any atom is -0.383 e. The van der Waals surface area contributed by atoms with E-state index in [0.29, 0.717) is 25.2 Å². The third-order valence-electron chi connectivity index (χ3n) is 6.19. The van der Waals surface area contributed by atoms with Crippen LogP contribution in [0, 0.1) is 5.82 Å². The van der Waals surface area contributed by atoms with Crippen molar-refractivity contribution in [2.75, 3.05) is 38.2 Å². The molecule has 1 aliphatic rings. The van der Waals surface area contributed by atoms with Crippen LogP contribution in [0.2, 0.25) is 5.02 Å². The number of hydrogen-bond donors (Lipinski definition) is 2. The number of benzene rings is 1. The lowest BCUT2D eigenvalue weighted by molar-refractivity contribution is -0.128. The molecular formula is C24H26ClFN8O3. The Morgan fingerprint density at radius 3 is 2.78 bits per heavy atom. The third kappa shape index (κ3) is 5.24. The number of rotatable bonds is 6. The molecule has 3 N–H and O–H groups in total. The van der Waals surface area contributed by atoms with Gasteiger partial charge in [0.1, 0.15) is 18.0 Å². The summed E-state index contributed by atoms with van der Waals surface area (Å²) >= 11 is 6.31. The fraction of sp³-hybridized carbons (Fsp3) is 0.333. The van der Waals surface area contributed by atoms with Crippen LogP contribution in [-0.4, -0.2) is 74.5 Å². The molecule has 3 heterocycles. The van der Waals surface area contributed by atoms with E-state index in [1.54, 1.807) is 23.7 Å².